The van der Waals surface area contributed by atoms with Gasteiger partial charge in [-0.15, -0.1) is 0 Å². The Kier molecular flexibility index (Phi) is 5.53. The fourth-order valence-electron chi connectivity index (χ4n) is 2.88. The highest BCUT2D eigenvalue weighted by molar-refractivity contribution is 5.97. The molecule has 0 aliphatic carbocycles. The molecule has 0 spiro atoms. The fraction of sp³-hybridized carbons (Fsp3) is 0.0870. The first-order valence-electron chi connectivity index (χ1n) is 9.28. The van der Waals surface area contributed by atoms with Crippen LogP contribution in [-0.2, 0) is 6.54 Å². The number of rotatable bonds is 6. The quantitative estimate of drug-likeness (QED) is 0.289. The van der Waals surface area contributed by atoms with Gasteiger partial charge in [0.15, 0.2) is 0 Å². The number of furan rings is 1. The van der Waals surface area contributed by atoms with Crippen molar-refractivity contribution in [1.82, 2.24) is 5.32 Å². The van der Waals surface area contributed by atoms with Crippen molar-refractivity contribution in [2.45, 2.75) is 6.54 Å². The second-order valence-electron chi connectivity index (χ2n) is 6.53. The van der Waals surface area contributed by atoms with Gasteiger partial charge in [-0.25, -0.2) is 9.59 Å². The van der Waals surface area contributed by atoms with E-state index in [1.54, 1.807) is 48.5 Å². The lowest BCUT2D eigenvalue weighted by Gasteiger charge is -2.07. The van der Waals surface area contributed by atoms with Gasteiger partial charge in [-0.1, -0.05) is 0 Å². The van der Waals surface area contributed by atoms with E-state index < -0.39 is 17.5 Å². The molecule has 2 aromatic carbocycles. The molecule has 0 aliphatic rings. The maximum Gasteiger partial charge on any atom is 0.349 e. The van der Waals surface area contributed by atoms with Gasteiger partial charge in [0.05, 0.1) is 25.5 Å². The summed E-state index contributed by atoms with van der Waals surface area (Å²) in [5.41, 5.74) is -0.413. The SMILES string of the molecule is COc1ccc(C(=O)Oc2ccc3cc(C(=O)NCc4ccco4)c(=O)oc3c2)cc1. The summed E-state index contributed by atoms with van der Waals surface area (Å²) < 4.78 is 20.8. The summed E-state index contributed by atoms with van der Waals surface area (Å²) in [5, 5.41) is 3.11. The van der Waals surface area contributed by atoms with Crippen molar-refractivity contribution in [2.24, 2.45) is 0 Å². The van der Waals surface area contributed by atoms with Gasteiger partial charge in [-0.2, -0.15) is 0 Å². The molecule has 0 aliphatic heterocycles. The molecule has 0 radical (unpaired) electrons. The van der Waals surface area contributed by atoms with E-state index in [1.807, 2.05) is 0 Å². The molecule has 0 saturated heterocycles. The number of carbonyl (C=O) groups excluding carboxylic acids is 2. The Bertz CT molecular complexity index is 1290. The number of carbonyl (C=O) groups is 2. The van der Waals surface area contributed by atoms with E-state index in [0.29, 0.717) is 22.5 Å². The molecule has 2 aromatic heterocycles. The van der Waals surface area contributed by atoms with Crippen LogP contribution in [0.4, 0.5) is 0 Å². The third-order valence-corrected chi connectivity index (χ3v) is 4.49. The Labute approximate surface area is 176 Å². The molecule has 0 atom stereocenters. The molecule has 2 heterocycles. The third-order valence-electron chi connectivity index (χ3n) is 4.49. The zero-order chi connectivity index (χ0) is 21.8. The number of methoxy groups -OCH3 is 1. The Morgan fingerprint density at radius 2 is 1.77 bits per heavy atom. The van der Waals surface area contributed by atoms with Gasteiger partial charge in [-0.05, 0) is 54.6 Å². The van der Waals surface area contributed by atoms with Crippen molar-refractivity contribution >= 4 is 22.8 Å². The van der Waals surface area contributed by atoms with Crippen LogP contribution in [0.15, 0.2) is 80.6 Å². The lowest BCUT2D eigenvalue weighted by Crippen LogP contribution is -2.27. The van der Waals surface area contributed by atoms with E-state index in [1.165, 1.54) is 25.5 Å². The van der Waals surface area contributed by atoms with E-state index in [2.05, 4.69) is 5.32 Å². The molecule has 0 bridgehead atoms. The normalized spacial score (nSPS) is 10.6. The van der Waals surface area contributed by atoms with Crippen LogP contribution >= 0.6 is 0 Å². The Morgan fingerprint density at radius 1 is 1.00 bits per heavy atom. The van der Waals surface area contributed by atoms with Crippen molar-refractivity contribution in [1.29, 1.82) is 0 Å². The van der Waals surface area contributed by atoms with Crippen LogP contribution in [0.5, 0.6) is 11.5 Å². The van der Waals surface area contributed by atoms with Gasteiger partial charge in [-0.3, -0.25) is 4.79 Å². The number of nitrogens with one attached hydrogen (secondary N) is 1. The maximum atomic E-state index is 12.3. The maximum absolute atomic E-state index is 12.3. The Balaban J connectivity index is 1.51. The first-order valence-corrected chi connectivity index (χ1v) is 9.28. The average molecular weight is 419 g/mol. The first-order chi connectivity index (χ1) is 15.0. The zero-order valence-corrected chi connectivity index (χ0v) is 16.4. The monoisotopic (exact) mass is 419 g/mol. The van der Waals surface area contributed by atoms with Crippen LogP contribution in [0.3, 0.4) is 0 Å². The number of esters is 1. The van der Waals surface area contributed by atoms with E-state index in [9.17, 15) is 14.4 Å². The molecule has 0 unspecified atom stereocenters. The summed E-state index contributed by atoms with van der Waals surface area (Å²) in [7, 11) is 1.53. The van der Waals surface area contributed by atoms with Gasteiger partial charge in [0.25, 0.3) is 5.91 Å². The molecule has 0 saturated carbocycles. The number of fused-ring (bicyclic) bond motifs is 1. The molecule has 31 heavy (non-hydrogen) atoms. The lowest BCUT2D eigenvalue weighted by atomic mass is 10.1. The summed E-state index contributed by atoms with van der Waals surface area (Å²) in [6, 6.07) is 15.8. The summed E-state index contributed by atoms with van der Waals surface area (Å²) in [6.07, 6.45) is 1.49. The molecular formula is C23H17NO7. The second-order valence-corrected chi connectivity index (χ2v) is 6.53. The standard InChI is InChI=1S/C23H17NO7/c1-28-16-7-4-14(5-8-16)22(26)30-17-9-6-15-11-19(23(27)31-20(15)12-17)21(25)24-13-18-3-2-10-29-18/h2-12H,13H2,1H3,(H,24,25). The molecule has 8 nitrogen and oxygen atoms in total. The molecule has 1 N–H and O–H groups in total. The van der Waals surface area contributed by atoms with E-state index in [4.69, 9.17) is 18.3 Å². The largest absolute Gasteiger partial charge is 0.497 e. The average Bonchev–Trinajstić information content (AvgIpc) is 3.30. The number of benzene rings is 2. The zero-order valence-electron chi connectivity index (χ0n) is 16.4. The van der Waals surface area contributed by atoms with Crippen molar-refractivity contribution in [2.75, 3.05) is 7.11 Å². The highest BCUT2D eigenvalue weighted by atomic mass is 16.5. The van der Waals surface area contributed by atoms with Gasteiger partial charge >= 0.3 is 11.6 Å². The summed E-state index contributed by atoms with van der Waals surface area (Å²) >= 11 is 0. The third kappa shape index (κ3) is 4.48. The highest BCUT2D eigenvalue weighted by Gasteiger charge is 2.15. The van der Waals surface area contributed by atoms with Gasteiger partial charge in [0, 0.05) is 11.5 Å². The lowest BCUT2D eigenvalue weighted by molar-refractivity contribution is 0.0734. The molecule has 0 fully saturated rings. The van der Waals surface area contributed by atoms with Crippen molar-refractivity contribution < 1.29 is 27.9 Å². The molecule has 4 rings (SSSR count). The van der Waals surface area contributed by atoms with Gasteiger partial charge in [0.2, 0.25) is 0 Å². The van der Waals surface area contributed by atoms with E-state index in [-0.39, 0.29) is 23.4 Å². The minimum Gasteiger partial charge on any atom is -0.497 e. The van der Waals surface area contributed by atoms with E-state index in [0.717, 1.165) is 0 Å². The summed E-state index contributed by atoms with van der Waals surface area (Å²) in [6.45, 7) is 0.142. The van der Waals surface area contributed by atoms with E-state index >= 15 is 0 Å². The minimum absolute atomic E-state index is 0.137. The van der Waals surface area contributed by atoms with Crippen LogP contribution < -0.4 is 20.4 Å². The van der Waals surface area contributed by atoms with Crippen LogP contribution in [0, 0.1) is 0 Å². The topological polar surface area (TPSA) is 108 Å². The molecule has 8 heteroatoms. The highest BCUT2D eigenvalue weighted by Crippen LogP contribution is 2.22. The van der Waals surface area contributed by atoms with Crippen LogP contribution in [0.2, 0.25) is 0 Å². The predicted molar refractivity (Wildman–Crippen MR) is 110 cm³/mol. The van der Waals surface area contributed by atoms with Crippen molar-refractivity contribution in [3.05, 3.63) is 94.2 Å². The van der Waals surface area contributed by atoms with Gasteiger partial charge < -0.3 is 23.6 Å². The molecular weight excluding hydrogens is 402 g/mol. The second kappa shape index (κ2) is 8.58. The summed E-state index contributed by atoms with van der Waals surface area (Å²) in [5.74, 6) is 0.224. The smallest absolute Gasteiger partial charge is 0.349 e. The summed E-state index contributed by atoms with van der Waals surface area (Å²) in [4.78, 5) is 36.9. The number of hydrogen-bond acceptors (Lipinski definition) is 7. The van der Waals surface area contributed by atoms with Gasteiger partial charge in [0.1, 0.15) is 28.4 Å². The predicted octanol–water partition coefficient (Wildman–Crippen LogP) is 3.54. The Hall–Kier alpha value is -4.33. The van der Waals surface area contributed by atoms with Crippen molar-refractivity contribution in [3.63, 3.8) is 0 Å². The minimum atomic E-state index is -0.803. The Morgan fingerprint density at radius 3 is 2.48 bits per heavy atom. The fourth-order valence-corrected chi connectivity index (χ4v) is 2.88. The number of ether oxygens (including phenoxy) is 2. The molecule has 4 aromatic rings. The van der Waals surface area contributed by atoms with Crippen LogP contribution in [0.1, 0.15) is 26.5 Å². The number of hydrogen-bond donors (Lipinski definition) is 1. The van der Waals surface area contributed by atoms with Crippen molar-refractivity contribution in [3.8, 4) is 11.5 Å². The number of amides is 1. The first kappa shape index (κ1) is 20.0. The molecule has 1 amide bonds. The molecule has 156 valence electrons. The van der Waals surface area contributed by atoms with Crippen LogP contribution in [0.25, 0.3) is 11.0 Å². The van der Waals surface area contributed by atoms with Crippen LogP contribution in [-0.4, -0.2) is 19.0 Å².